The van der Waals surface area contributed by atoms with Crippen molar-refractivity contribution in [3.05, 3.63) is 108 Å². The summed E-state index contributed by atoms with van der Waals surface area (Å²) in [6, 6.07) is 28.4. The van der Waals surface area contributed by atoms with Gasteiger partial charge in [-0.2, -0.15) is 0 Å². The van der Waals surface area contributed by atoms with E-state index >= 15 is 0 Å². The van der Waals surface area contributed by atoms with Gasteiger partial charge in [0.2, 0.25) is 0 Å². The average molecular weight is 681 g/mol. The van der Waals surface area contributed by atoms with Crippen LogP contribution in [0.25, 0.3) is 0 Å². The number of benzene rings is 4. The molecule has 2 amide bonds. The number of carbonyl (C=O) groups is 2. The minimum atomic E-state index is -2.31. The molecule has 10 heteroatoms. The Morgan fingerprint density at radius 2 is 1.53 bits per heavy atom. The van der Waals surface area contributed by atoms with Crippen LogP contribution in [0.5, 0.6) is 17.2 Å². The highest BCUT2D eigenvalue weighted by Gasteiger charge is 2.66. The van der Waals surface area contributed by atoms with Crippen LogP contribution < -0.4 is 29.6 Å². The van der Waals surface area contributed by atoms with Crippen LogP contribution in [0.1, 0.15) is 34.8 Å². The van der Waals surface area contributed by atoms with Gasteiger partial charge in [-0.25, -0.2) is 0 Å². The van der Waals surface area contributed by atoms with Crippen molar-refractivity contribution in [1.82, 2.24) is 0 Å². The van der Waals surface area contributed by atoms with Crippen molar-refractivity contribution in [2.45, 2.75) is 50.2 Å². The van der Waals surface area contributed by atoms with E-state index in [9.17, 15) is 14.7 Å². The molecule has 1 fully saturated rings. The van der Waals surface area contributed by atoms with E-state index in [0.29, 0.717) is 29.2 Å². The second-order valence-electron chi connectivity index (χ2n) is 13.3. The summed E-state index contributed by atoms with van der Waals surface area (Å²) < 4.78 is 23.3. The Morgan fingerprint density at radius 1 is 0.898 bits per heavy atom. The smallest absolute Gasteiger partial charge is 0.264 e. The van der Waals surface area contributed by atoms with Gasteiger partial charge >= 0.3 is 0 Å². The molecule has 2 N–H and O–H groups in total. The Hall–Kier alpha value is -4.64. The van der Waals surface area contributed by atoms with E-state index in [0.717, 1.165) is 22.6 Å². The number of nitrogens with zero attached hydrogens (tertiary/aromatic N) is 1. The molecule has 2 heterocycles. The van der Waals surface area contributed by atoms with Crippen LogP contribution in [0.3, 0.4) is 0 Å². The molecule has 1 saturated heterocycles. The molecule has 1 spiro atoms. The summed E-state index contributed by atoms with van der Waals surface area (Å²) in [6.45, 7) is 6.99. The van der Waals surface area contributed by atoms with Crippen LogP contribution in [0.4, 0.5) is 11.4 Å². The number of ether oxygens (including phenoxy) is 4. The summed E-state index contributed by atoms with van der Waals surface area (Å²) >= 11 is 0. The van der Waals surface area contributed by atoms with E-state index in [1.807, 2.05) is 54.6 Å². The predicted molar refractivity (Wildman–Crippen MR) is 193 cm³/mol. The molecule has 4 atom stereocenters. The Kier molecular flexibility index (Phi) is 9.57. The number of hydrogen-bond donors (Lipinski definition) is 2. The fourth-order valence-electron chi connectivity index (χ4n) is 7.85. The molecule has 49 heavy (non-hydrogen) atoms. The maximum atomic E-state index is 15.0. The van der Waals surface area contributed by atoms with Crippen molar-refractivity contribution in [3.63, 3.8) is 0 Å². The van der Waals surface area contributed by atoms with Gasteiger partial charge in [-0.05, 0) is 84.3 Å². The van der Waals surface area contributed by atoms with Crippen LogP contribution in [-0.2, 0) is 21.7 Å². The average Bonchev–Trinajstić information content (AvgIpc) is 3.54. The molecule has 0 bridgehead atoms. The summed E-state index contributed by atoms with van der Waals surface area (Å²) in [5.74, 6) is 1.52. The third-order valence-corrected chi connectivity index (χ3v) is 14.7. The molecule has 0 aliphatic carbocycles. The summed E-state index contributed by atoms with van der Waals surface area (Å²) in [6.07, 6.45) is 0.0921. The lowest BCUT2D eigenvalue weighted by molar-refractivity contribution is -0.146. The topological polar surface area (TPSA) is 107 Å². The molecule has 6 rings (SSSR count). The zero-order chi connectivity index (χ0) is 34.9. The minimum Gasteiger partial charge on any atom is -0.497 e. The van der Waals surface area contributed by atoms with Gasteiger partial charge in [-0.3, -0.25) is 9.59 Å². The number of amides is 2. The van der Waals surface area contributed by atoms with Crippen molar-refractivity contribution in [2.75, 3.05) is 38.2 Å². The van der Waals surface area contributed by atoms with Crippen LogP contribution in [0, 0.1) is 5.92 Å². The Balaban J connectivity index is 1.34. The second-order valence-corrected chi connectivity index (χ2v) is 18.0. The lowest BCUT2D eigenvalue weighted by atomic mass is 9.82. The van der Waals surface area contributed by atoms with Crippen molar-refractivity contribution < 1.29 is 33.6 Å². The van der Waals surface area contributed by atoms with Gasteiger partial charge in [0.1, 0.15) is 17.2 Å². The van der Waals surface area contributed by atoms with Gasteiger partial charge in [0.15, 0.2) is 5.60 Å². The molecule has 2 aliphatic heterocycles. The highest BCUT2D eigenvalue weighted by Crippen LogP contribution is 2.60. The van der Waals surface area contributed by atoms with Crippen LogP contribution in [0.15, 0.2) is 91.0 Å². The van der Waals surface area contributed by atoms with Crippen LogP contribution in [-0.4, -0.2) is 59.0 Å². The Bertz CT molecular complexity index is 1830. The molecule has 2 aliphatic rings. The Morgan fingerprint density at radius 3 is 2.16 bits per heavy atom. The fraction of sp³-hybridized carbons (Fsp3) is 0.333. The summed E-state index contributed by atoms with van der Waals surface area (Å²) in [4.78, 5) is 29.8. The number of aliphatic hydroxyl groups excluding tert-OH is 1. The lowest BCUT2D eigenvalue weighted by Gasteiger charge is -2.37. The van der Waals surface area contributed by atoms with E-state index < -0.39 is 13.7 Å². The van der Waals surface area contributed by atoms with Crippen LogP contribution in [0.2, 0.25) is 18.6 Å². The highest BCUT2D eigenvalue weighted by molar-refractivity contribution is 6.91. The minimum absolute atomic E-state index is 0.0208. The van der Waals surface area contributed by atoms with Gasteiger partial charge in [0.25, 0.3) is 11.8 Å². The molecule has 4 aromatic carbocycles. The number of rotatable bonds is 11. The second kappa shape index (κ2) is 13.7. The van der Waals surface area contributed by atoms with Crippen LogP contribution >= 0.6 is 0 Å². The van der Waals surface area contributed by atoms with E-state index in [4.69, 9.17) is 18.9 Å². The first kappa shape index (κ1) is 34.2. The standard InChI is InChI=1S/C39H44N2O7Si/c1-25-36(49(5,6)32-17-14-30(46-3)15-18-32)35(20-21-42)48-39(25)33-23-31(47-4)16-19-34(33)41(38(39)44)24-26-8-7-9-28(22-26)40-37(43)27-10-12-29(45-2)13-11-27/h7-19,22-23,25,35-36,42H,20-21,24H2,1-6H3,(H,40,43)/t25-,35+,36-,39+/m1/s1. The first-order chi connectivity index (χ1) is 23.6. The Labute approximate surface area is 288 Å². The zero-order valence-corrected chi connectivity index (χ0v) is 29.9. The molecule has 0 radical (unpaired) electrons. The van der Waals surface area contributed by atoms with Gasteiger partial charge < -0.3 is 34.3 Å². The third-order valence-electron chi connectivity index (χ3n) is 10.3. The number of aliphatic hydroxyl groups is 1. The maximum absolute atomic E-state index is 15.0. The predicted octanol–water partition coefficient (Wildman–Crippen LogP) is 6.11. The third kappa shape index (κ3) is 6.09. The molecule has 4 aromatic rings. The number of carbonyl (C=O) groups excluding carboxylic acids is 2. The summed E-state index contributed by atoms with van der Waals surface area (Å²) in [5, 5.41) is 14.4. The van der Waals surface area contributed by atoms with Gasteiger partial charge in [0.05, 0.1) is 47.7 Å². The number of hydrogen-bond acceptors (Lipinski definition) is 7. The monoisotopic (exact) mass is 680 g/mol. The number of anilines is 2. The lowest BCUT2D eigenvalue weighted by Crippen LogP contribution is -2.51. The molecule has 256 valence electrons. The molecular weight excluding hydrogens is 637 g/mol. The maximum Gasteiger partial charge on any atom is 0.264 e. The van der Waals surface area contributed by atoms with Gasteiger partial charge in [-0.1, -0.05) is 49.5 Å². The van der Waals surface area contributed by atoms with Crippen molar-refractivity contribution in [2.24, 2.45) is 5.92 Å². The summed E-state index contributed by atoms with van der Waals surface area (Å²) in [7, 11) is 2.55. The quantitative estimate of drug-likeness (QED) is 0.184. The van der Waals surface area contributed by atoms with E-state index in [1.54, 1.807) is 50.5 Å². The zero-order valence-electron chi connectivity index (χ0n) is 28.9. The number of fused-ring (bicyclic) bond motifs is 2. The van der Waals surface area contributed by atoms with Gasteiger partial charge in [0, 0.05) is 29.3 Å². The largest absolute Gasteiger partial charge is 0.497 e. The van der Waals surface area contributed by atoms with Crippen molar-refractivity contribution in [3.8, 4) is 17.2 Å². The number of nitrogens with one attached hydrogen (secondary N) is 1. The number of methoxy groups -OCH3 is 3. The molecule has 0 saturated carbocycles. The molecule has 9 nitrogen and oxygen atoms in total. The van der Waals surface area contributed by atoms with Crippen molar-refractivity contribution in [1.29, 1.82) is 0 Å². The first-order valence-electron chi connectivity index (χ1n) is 16.6. The van der Waals surface area contributed by atoms with E-state index in [-0.39, 0.29) is 42.5 Å². The SMILES string of the molecule is COc1ccc(C(=O)Nc2cccc(CN3C(=O)[C@@]4(O[C@@H](CCO)[C@H]([Si](C)(C)c5ccc(OC)cc5)[C@H]4C)c4cc(OC)ccc43)c2)cc1. The molecular formula is C39H44N2O7Si. The van der Waals surface area contributed by atoms with E-state index in [2.05, 4.69) is 37.5 Å². The summed E-state index contributed by atoms with van der Waals surface area (Å²) in [5.41, 5.74) is 2.28. The van der Waals surface area contributed by atoms with Crippen molar-refractivity contribution >= 4 is 36.4 Å². The fourth-order valence-corrected chi connectivity index (χ4v) is 11.9. The van der Waals surface area contributed by atoms with E-state index in [1.165, 1.54) is 5.19 Å². The molecule has 0 aromatic heterocycles. The van der Waals surface area contributed by atoms with Gasteiger partial charge in [-0.15, -0.1) is 0 Å². The highest BCUT2D eigenvalue weighted by atomic mass is 28.3. The first-order valence-corrected chi connectivity index (χ1v) is 19.6. The molecule has 0 unspecified atom stereocenters. The normalized spacial score (nSPS) is 21.5.